The molecule has 5 heteroatoms. The number of aromatic carboxylic acids is 1. The Hall–Kier alpha value is -1.88. The van der Waals surface area contributed by atoms with E-state index in [1.54, 1.807) is 12.1 Å². The van der Waals surface area contributed by atoms with Crippen molar-refractivity contribution in [2.45, 2.75) is 0 Å². The second kappa shape index (κ2) is 3.05. The molecular formula is C11H6FNO2S. The zero-order valence-electron chi connectivity index (χ0n) is 7.95. The highest BCUT2D eigenvalue weighted by atomic mass is 32.1. The number of rotatable bonds is 1. The lowest BCUT2D eigenvalue weighted by Crippen LogP contribution is -1.94. The van der Waals surface area contributed by atoms with Gasteiger partial charge in [0.05, 0.1) is 10.2 Å². The number of halogens is 1. The summed E-state index contributed by atoms with van der Waals surface area (Å²) in [5, 5.41) is 9.56. The molecule has 0 spiro atoms. The lowest BCUT2D eigenvalue weighted by Gasteiger charge is -1.90. The maximum Gasteiger partial charge on any atom is 0.352 e. The highest BCUT2D eigenvalue weighted by Gasteiger charge is 2.12. The first-order chi connectivity index (χ1) is 7.65. The third kappa shape index (κ3) is 1.22. The van der Waals surface area contributed by atoms with E-state index in [-0.39, 0.29) is 11.5 Å². The van der Waals surface area contributed by atoms with E-state index >= 15 is 0 Å². The number of benzene rings is 1. The Morgan fingerprint density at radius 3 is 2.88 bits per heavy atom. The maximum absolute atomic E-state index is 13.1. The van der Waals surface area contributed by atoms with E-state index in [1.165, 1.54) is 23.5 Å². The molecule has 0 amide bonds. The smallest absolute Gasteiger partial charge is 0.352 e. The van der Waals surface area contributed by atoms with Gasteiger partial charge < -0.3 is 10.1 Å². The van der Waals surface area contributed by atoms with Crippen LogP contribution in [0.25, 0.3) is 20.3 Å². The zero-order chi connectivity index (χ0) is 11.3. The van der Waals surface area contributed by atoms with E-state index < -0.39 is 5.97 Å². The maximum atomic E-state index is 13.1. The molecule has 2 heterocycles. The van der Waals surface area contributed by atoms with Gasteiger partial charge in [0.15, 0.2) is 0 Å². The van der Waals surface area contributed by atoms with Crippen LogP contribution in [0.1, 0.15) is 10.5 Å². The Labute approximate surface area is 93.1 Å². The molecule has 0 aliphatic carbocycles. The van der Waals surface area contributed by atoms with Crippen LogP contribution in [0.15, 0.2) is 24.3 Å². The van der Waals surface area contributed by atoms with Crippen molar-refractivity contribution >= 4 is 37.6 Å². The van der Waals surface area contributed by atoms with Gasteiger partial charge >= 0.3 is 5.97 Å². The monoisotopic (exact) mass is 235 g/mol. The summed E-state index contributed by atoms with van der Waals surface area (Å²) in [4.78, 5) is 13.6. The van der Waals surface area contributed by atoms with E-state index in [0.717, 1.165) is 14.8 Å². The van der Waals surface area contributed by atoms with Crippen molar-refractivity contribution in [3.05, 3.63) is 35.8 Å². The summed E-state index contributed by atoms with van der Waals surface area (Å²) in [6, 6.07) is 6.08. The number of H-pyrrole nitrogens is 1. The normalized spacial score (nSPS) is 11.3. The van der Waals surface area contributed by atoms with Crippen LogP contribution in [0.2, 0.25) is 0 Å². The summed E-state index contributed by atoms with van der Waals surface area (Å²) < 4.78 is 14.9. The molecule has 1 aromatic carbocycles. The molecule has 80 valence electrons. The van der Waals surface area contributed by atoms with Crippen LogP contribution in [-0.2, 0) is 0 Å². The Bertz CT molecular complexity index is 713. The SMILES string of the molecule is O=C(O)c1cc2sc3ccc(F)cc3c2[nH]1. The average molecular weight is 235 g/mol. The molecule has 2 N–H and O–H groups in total. The molecule has 0 saturated carbocycles. The highest BCUT2D eigenvalue weighted by Crippen LogP contribution is 2.34. The van der Waals surface area contributed by atoms with Gasteiger partial charge in [0.2, 0.25) is 0 Å². The second-order valence-corrected chi connectivity index (χ2v) is 4.55. The molecule has 0 aliphatic rings. The fourth-order valence-corrected chi connectivity index (χ4v) is 2.82. The lowest BCUT2D eigenvalue weighted by molar-refractivity contribution is 0.0691. The molecule has 0 unspecified atom stereocenters. The van der Waals surface area contributed by atoms with Crippen LogP contribution < -0.4 is 0 Å². The van der Waals surface area contributed by atoms with Gasteiger partial charge in [-0.25, -0.2) is 9.18 Å². The quantitative estimate of drug-likeness (QED) is 0.680. The number of carboxylic acids is 1. The van der Waals surface area contributed by atoms with Crippen molar-refractivity contribution in [3.63, 3.8) is 0 Å². The number of hydrogen-bond acceptors (Lipinski definition) is 2. The predicted octanol–water partition coefficient (Wildman–Crippen LogP) is 3.22. The zero-order valence-corrected chi connectivity index (χ0v) is 8.77. The Morgan fingerprint density at radius 2 is 2.12 bits per heavy atom. The van der Waals surface area contributed by atoms with Gasteiger partial charge in [-0.3, -0.25) is 0 Å². The molecule has 2 aromatic heterocycles. The molecule has 0 atom stereocenters. The number of thiophene rings is 1. The number of fused-ring (bicyclic) bond motifs is 3. The van der Waals surface area contributed by atoms with Gasteiger partial charge in [0, 0.05) is 10.1 Å². The number of nitrogens with one attached hydrogen (secondary N) is 1. The molecule has 0 fully saturated rings. The average Bonchev–Trinajstić information content (AvgIpc) is 2.75. The first-order valence-electron chi connectivity index (χ1n) is 4.59. The van der Waals surface area contributed by atoms with Crippen molar-refractivity contribution in [1.29, 1.82) is 0 Å². The van der Waals surface area contributed by atoms with E-state index in [2.05, 4.69) is 4.98 Å². The molecule has 0 radical (unpaired) electrons. The van der Waals surface area contributed by atoms with Crippen molar-refractivity contribution in [1.82, 2.24) is 4.98 Å². The molecule has 3 aromatic rings. The van der Waals surface area contributed by atoms with Crippen LogP contribution in [0.5, 0.6) is 0 Å². The summed E-state index contributed by atoms with van der Waals surface area (Å²) in [7, 11) is 0. The third-order valence-electron chi connectivity index (χ3n) is 2.44. The summed E-state index contributed by atoms with van der Waals surface area (Å²) in [6.45, 7) is 0. The Morgan fingerprint density at radius 1 is 1.31 bits per heavy atom. The van der Waals surface area contributed by atoms with E-state index in [1.807, 2.05) is 0 Å². The van der Waals surface area contributed by atoms with Gasteiger partial charge in [0.25, 0.3) is 0 Å². The van der Waals surface area contributed by atoms with Gasteiger partial charge in [-0.1, -0.05) is 0 Å². The van der Waals surface area contributed by atoms with E-state index in [0.29, 0.717) is 5.52 Å². The minimum absolute atomic E-state index is 0.132. The van der Waals surface area contributed by atoms with Crippen LogP contribution in [-0.4, -0.2) is 16.1 Å². The molecule has 16 heavy (non-hydrogen) atoms. The van der Waals surface area contributed by atoms with Crippen molar-refractivity contribution in [2.24, 2.45) is 0 Å². The Balaban J connectivity index is 2.40. The minimum Gasteiger partial charge on any atom is -0.477 e. The molecule has 0 aliphatic heterocycles. The lowest BCUT2D eigenvalue weighted by atomic mass is 10.2. The standard InChI is InChI=1S/C11H6FNO2S/c12-5-1-2-8-6(3-5)10-9(16-8)4-7(13-10)11(14)15/h1-4,13H,(H,14,15). The highest BCUT2D eigenvalue weighted by molar-refractivity contribution is 7.25. The number of aromatic amines is 1. The van der Waals surface area contributed by atoms with Crippen LogP contribution in [0.3, 0.4) is 0 Å². The number of aromatic nitrogens is 1. The van der Waals surface area contributed by atoms with E-state index in [4.69, 9.17) is 5.11 Å². The summed E-state index contributed by atoms with van der Waals surface area (Å²) >= 11 is 1.45. The number of hydrogen-bond donors (Lipinski definition) is 2. The van der Waals surface area contributed by atoms with E-state index in [9.17, 15) is 9.18 Å². The molecular weight excluding hydrogens is 229 g/mol. The fourth-order valence-electron chi connectivity index (χ4n) is 1.74. The first-order valence-corrected chi connectivity index (χ1v) is 5.41. The van der Waals surface area contributed by atoms with Crippen LogP contribution >= 0.6 is 11.3 Å². The molecule has 0 bridgehead atoms. The van der Waals surface area contributed by atoms with Gasteiger partial charge in [-0.2, -0.15) is 0 Å². The second-order valence-electron chi connectivity index (χ2n) is 3.47. The van der Waals surface area contributed by atoms with Gasteiger partial charge in [0.1, 0.15) is 11.5 Å². The largest absolute Gasteiger partial charge is 0.477 e. The molecule has 3 nitrogen and oxygen atoms in total. The van der Waals surface area contributed by atoms with Gasteiger partial charge in [-0.05, 0) is 24.3 Å². The molecule has 0 saturated heterocycles. The van der Waals surface area contributed by atoms with Crippen molar-refractivity contribution in [2.75, 3.05) is 0 Å². The number of carbonyl (C=O) groups is 1. The van der Waals surface area contributed by atoms with Gasteiger partial charge in [-0.15, -0.1) is 11.3 Å². The van der Waals surface area contributed by atoms with Crippen molar-refractivity contribution < 1.29 is 14.3 Å². The topological polar surface area (TPSA) is 53.1 Å². The van der Waals surface area contributed by atoms with Crippen LogP contribution in [0, 0.1) is 5.82 Å². The predicted molar refractivity (Wildman–Crippen MR) is 60.6 cm³/mol. The first kappa shape index (κ1) is 9.35. The fraction of sp³-hybridized carbons (Fsp3) is 0. The molecule has 3 rings (SSSR count). The Kier molecular flexibility index (Phi) is 1.79. The summed E-state index contributed by atoms with van der Waals surface area (Å²) in [6.07, 6.45) is 0. The van der Waals surface area contributed by atoms with Crippen LogP contribution in [0.4, 0.5) is 4.39 Å². The summed E-state index contributed by atoms with van der Waals surface area (Å²) in [5.41, 5.74) is 0.823. The summed E-state index contributed by atoms with van der Waals surface area (Å²) in [5.74, 6) is -1.33. The third-order valence-corrected chi connectivity index (χ3v) is 3.56. The number of carboxylic acid groups (broad SMARTS) is 1. The van der Waals surface area contributed by atoms with Crippen molar-refractivity contribution in [3.8, 4) is 0 Å². The minimum atomic E-state index is -1.01.